The highest BCUT2D eigenvalue weighted by Crippen LogP contribution is 2.26. The van der Waals surface area contributed by atoms with Crippen molar-refractivity contribution in [1.29, 1.82) is 0 Å². The predicted octanol–water partition coefficient (Wildman–Crippen LogP) is 0.860. The fourth-order valence-corrected chi connectivity index (χ4v) is 3.94. The minimum absolute atomic E-state index is 0.204. The molecule has 19 heavy (non-hydrogen) atoms. The van der Waals surface area contributed by atoms with Gasteiger partial charge in [0.1, 0.15) is 15.6 Å². The monoisotopic (exact) mass is 284 g/mol. The number of aromatic nitrogens is 1. The van der Waals surface area contributed by atoms with E-state index in [2.05, 4.69) is 4.98 Å². The third-order valence-corrected chi connectivity index (χ3v) is 5.38. The van der Waals surface area contributed by atoms with Crippen LogP contribution in [0.4, 0.5) is 0 Å². The number of hydrogen-bond donors (Lipinski definition) is 1. The second-order valence-electron chi connectivity index (χ2n) is 4.98. The van der Waals surface area contributed by atoms with Crippen LogP contribution in [-0.4, -0.2) is 38.1 Å². The summed E-state index contributed by atoms with van der Waals surface area (Å²) in [5.41, 5.74) is 5.79. The fraction of sp³-hybridized carbons (Fsp3) is 0.615. The number of rotatable bonds is 5. The molecule has 1 fully saturated rings. The molecule has 1 aliphatic heterocycles. The Kier molecular flexibility index (Phi) is 4.76. The van der Waals surface area contributed by atoms with Gasteiger partial charge in [0.05, 0.1) is 24.3 Å². The lowest BCUT2D eigenvalue weighted by molar-refractivity contribution is 0.189. The summed E-state index contributed by atoms with van der Waals surface area (Å²) in [5, 5.41) is 0. The number of nitrogens with zero attached hydrogens (tertiary/aromatic N) is 1. The van der Waals surface area contributed by atoms with E-state index in [4.69, 9.17) is 10.5 Å². The second kappa shape index (κ2) is 6.34. The first kappa shape index (κ1) is 14.3. The zero-order valence-corrected chi connectivity index (χ0v) is 11.7. The molecule has 2 N–H and O–H groups in total. The van der Waals surface area contributed by atoms with Crippen LogP contribution >= 0.6 is 0 Å². The highest BCUT2D eigenvalue weighted by Gasteiger charge is 2.29. The van der Waals surface area contributed by atoms with E-state index in [9.17, 15) is 8.42 Å². The highest BCUT2D eigenvalue weighted by molar-refractivity contribution is 7.91. The van der Waals surface area contributed by atoms with E-state index in [0.29, 0.717) is 31.9 Å². The van der Waals surface area contributed by atoms with Crippen molar-refractivity contribution in [3.8, 4) is 5.75 Å². The van der Waals surface area contributed by atoms with Gasteiger partial charge in [-0.3, -0.25) is 4.98 Å². The summed E-state index contributed by atoms with van der Waals surface area (Å²) in [6, 6.07) is 3.67. The van der Waals surface area contributed by atoms with Crippen LogP contribution < -0.4 is 10.5 Å². The standard InChI is InChI=1S/C13H20N2O3S/c14-8-12(10-18-13-2-1-5-15-9-13)11-3-6-19(16,17)7-4-11/h1-2,5,9,11-12H,3-4,6-8,10,14H2. The van der Waals surface area contributed by atoms with Gasteiger partial charge < -0.3 is 10.5 Å². The number of pyridine rings is 1. The van der Waals surface area contributed by atoms with Crippen LogP contribution in [0.25, 0.3) is 0 Å². The fourth-order valence-electron chi connectivity index (χ4n) is 2.41. The zero-order valence-electron chi connectivity index (χ0n) is 10.9. The zero-order chi connectivity index (χ0) is 13.7. The molecule has 0 spiro atoms. The highest BCUT2D eigenvalue weighted by atomic mass is 32.2. The molecule has 5 nitrogen and oxygen atoms in total. The lowest BCUT2D eigenvalue weighted by atomic mass is 9.88. The first-order valence-corrected chi connectivity index (χ1v) is 8.36. The minimum atomic E-state index is -2.82. The molecule has 6 heteroatoms. The van der Waals surface area contributed by atoms with Crippen LogP contribution in [0.2, 0.25) is 0 Å². The van der Waals surface area contributed by atoms with Gasteiger partial charge in [0, 0.05) is 12.1 Å². The number of ether oxygens (including phenoxy) is 1. The van der Waals surface area contributed by atoms with Gasteiger partial charge in [-0.15, -0.1) is 0 Å². The molecule has 0 amide bonds. The van der Waals surface area contributed by atoms with Crippen LogP contribution in [0.1, 0.15) is 12.8 Å². The van der Waals surface area contributed by atoms with Gasteiger partial charge in [-0.1, -0.05) is 0 Å². The third-order valence-electron chi connectivity index (χ3n) is 3.67. The molecular formula is C13H20N2O3S. The van der Waals surface area contributed by atoms with Crippen molar-refractivity contribution in [2.45, 2.75) is 12.8 Å². The summed E-state index contributed by atoms with van der Waals surface area (Å²) in [4.78, 5) is 3.98. The maximum atomic E-state index is 11.4. The van der Waals surface area contributed by atoms with Gasteiger partial charge in [-0.2, -0.15) is 0 Å². The molecule has 0 radical (unpaired) electrons. The van der Waals surface area contributed by atoms with Crippen molar-refractivity contribution in [3.63, 3.8) is 0 Å². The summed E-state index contributed by atoms with van der Waals surface area (Å²) < 4.78 is 28.5. The number of sulfone groups is 1. The van der Waals surface area contributed by atoms with E-state index in [1.165, 1.54) is 0 Å². The van der Waals surface area contributed by atoms with E-state index < -0.39 is 9.84 Å². The summed E-state index contributed by atoms with van der Waals surface area (Å²) >= 11 is 0. The van der Waals surface area contributed by atoms with E-state index in [-0.39, 0.29) is 17.4 Å². The maximum Gasteiger partial charge on any atom is 0.150 e. The van der Waals surface area contributed by atoms with E-state index in [0.717, 1.165) is 5.75 Å². The van der Waals surface area contributed by atoms with Crippen LogP contribution in [0, 0.1) is 11.8 Å². The molecule has 0 saturated carbocycles. The Morgan fingerprint density at radius 1 is 1.42 bits per heavy atom. The van der Waals surface area contributed by atoms with Crippen LogP contribution in [-0.2, 0) is 9.84 Å². The molecule has 1 aliphatic rings. The van der Waals surface area contributed by atoms with Gasteiger partial charge in [-0.25, -0.2) is 8.42 Å². The number of hydrogen-bond acceptors (Lipinski definition) is 5. The van der Waals surface area contributed by atoms with E-state index in [1.807, 2.05) is 12.1 Å². The van der Waals surface area contributed by atoms with E-state index >= 15 is 0 Å². The Balaban J connectivity index is 1.87. The molecule has 2 rings (SSSR count). The van der Waals surface area contributed by atoms with Crippen molar-refractivity contribution in [2.75, 3.05) is 24.7 Å². The predicted molar refractivity (Wildman–Crippen MR) is 73.7 cm³/mol. The molecule has 106 valence electrons. The topological polar surface area (TPSA) is 82.3 Å². The van der Waals surface area contributed by atoms with Gasteiger partial charge in [0.2, 0.25) is 0 Å². The average Bonchev–Trinajstić information content (AvgIpc) is 2.42. The SMILES string of the molecule is NCC(COc1cccnc1)C1CCS(=O)(=O)CC1. The van der Waals surface area contributed by atoms with Gasteiger partial charge in [0.25, 0.3) is 0 Å². The second-order valence-corrected chi connectivity index (χ2v) is 7.29. The average molecular weight is 284 g/mol. The van der Waals surface area contributed by atoms with Crippen molar-refractivity contribution in [2.24, 2.45) is 17.6 Å². The Morgan fingerprint density at radius 3 is 2.74 bits per heavy atom. The summed E-state index contributed by atoms with van der Waals surface area (Å²) in [6.07, 6.45) is 4.75. The van der Waals surface area contributed by atoms with Crippen molar-refractivity contribution >= 4 is 9.84 Å². The van der Waals surface area contributed by atoms with Gasteiger partial charge in [0.15, 0.2) is 0 Å². The third kappa shape index (κ3) is 4.18. The largest absolute Gasteiger partial charge is 0.492 e. The molecule has 0 aromatic carbocycles. The first-order chi connectivity index (χ1) is 9.11. The van der Waals surface area contributed by atoms with Crippen molar-refractivity contribution in [1.82, 2.24) is 4.98 Å². The Labute approximate surface area is 114 Å². The number of nitrogens with two attached hydrogens (primary N) is 1. The molecule has 1 aromatic rings. The van der Waals surface area contributed by atoms with Crippen LogP contribution in [0.15, 0.2) is 24.5 Å². The smallest absolute Gasteiger partial charge is 0.150 e. The summed E-state index contributed by atoms with van der Waals surface area (Å²) in [6.45, 7) is 1.04. The van der Waals surface area contributed by atoms with Crippen molar-refractivity contribution < 1.29 is 13.2 Å². The molecule has 2 heterocycles. The molecular weight excluding hydrogens is 264 g/mol. The quantitative estimate of drug-likeness (QED) is 0.867. The summed E-state index contributed by atoms with van der Waals surface area (Å²) in [7, 11) is -2.82. The van der Waals surface area contributed by atoms with E-state index in [1.54, 1.807) is 12.4 Å². The Morgan fingerprint density at radius 2 is 2.16 bits per heavy atom. The van der Waals surface area contributed by atoms with Crippen LogP contribution in [0.3, 0.4) is 0 Å². The van der Waals surface area contributed by atoms with Gasteiger partial charge >= 0.3 is 0 Å². The van der Waals surface area contributed by atoms with Crippen molar-refractivity contribution in [3.05, 3.63) is 24.5 Å². The molecule has 1 unspecified atom stereocenters. The van der Waals surface area contributed by atoms with Gasteiger partial charge in [-0.05, 0) is 37.4 Å². The molecule has 0 bridgehead atoms. The Hall–Kier alpha value is -1.14. The summed E-state index contributed by atoms with van der Waals surface area (Å²) in [5.74, 6) is 1.83. The Bertz CT molecular complexity index is 476. The molecule has 1 aromatic heterocycles. The maximum absolute atomic E-state index is 11.4. The van der Waals surface area contributed by atoms with Crippen LogP contribution in [0.5, 0.6) is 5.75 Å². The lowest BCUT2D eigenvalue weighted by Crippen LogP contribution is -2.35. The first-order valence-electron chi connectivity index (χ1n) is 6.54. The lowest BCUT2D eigenvalue weighted by Gasteiger charge is -2.29. The molecule has 1 atom stereocenters. The molecule has 1 saturated heterocycles. The minimum Gasteiger partial charge on any atom is -0.492 e. The molecule has 0 aliphatic carbocycles. The normalized spacial score (nSPS) is 20.9.